The molecule has 0 fully saturated rings. The van der Waals surface area contributed by atoms with E-state index in [4.69, 9.17) is 5.21 Å². The zero-order chi connectivity index (χ0) is 29.5. The molecular formula is C28H26F6N2O4. The van der Waals surface area contributed by atoms with Gasteiger partial charge in [-0.2, -0.15) is 26.3 Å². The number of ketones is 1. The number of hydroxylamine groups is 1. The molecule has 0 heterocycles. The number of rotatable bonds is 9. The average molecular weight is 569 g/mol. The zero-order valence-electron chi connectivity index (χ0n) is 21.1. The maximum absolute atomic E-state index is 13.2. The number of unbranched alkanes of at least 4 members (excludes halogenated alkanes) is 2. The maximum Gasteiger partial charge on any atom is 0.416 e. The van der Waals surface area contributed by atoms with E-state index in [9.17, 15) is 40.7 Å². The number of allylic oxidation sites excluding steroid dienone is 1. The van der Waals surface area contributed by atoms with Gasteiger partial charge >= 0.3 is 12.4 Å². The van der Waals surface area contributed by atoms with Gasteiger partial charge in [-0.15, -0.1) is 0 Å². The fourth-order valence-electron chi connectivity index (χ4n) is 4.19. The molecule has 2 aromatic carbocycles. The molecule has 0 unspecified atom stereocenters. The van der Waals surface area contributed by atoms with Crippen molar-refractivity contribution in [3.05, 3.63) is 81.4 Å². The maximum atomic E-state index is 13.2. The van der Waals surface area contributed by atoms with Gasteiger partial charge in [0, 0.05) is 30.2 Å². The minimum atomic E-state index is -4.99. The van der Waals surface area contributed by atoms with Gasteiger partial charge in [-0.25, -0.2) is 5.48 Å². The van der Waals surface area contributed by atoms with Gasteiger partial charge in [0.25, 0.3) is 0 Å². The van der Waals surface area contributed by atoms with Crippen molar-refractivity contribution in [3.8, 4) is 0 Å². The van der Waals surface area contributed by atoms with E-state index in [1.165, 1.54) is 12.1 Å². The molecule has 1 aliphatic rings. The van der Waals surface area contributed by atoms with Crippen molar-refractivity contribution in [2.24, 2.45) is 0 Å². The SMILES string of the molecule is O=C(/C=C/c1ccc2c(c1)CC/C(=C\c1cc(C(F)(F)F)cc(C(F)(F)F)c1)C2=O)NCCCCCC(=O)NO. The summed E-state index contributed by atoms with van der Waals surface area (Å²) in [5.41, 5.74) is -0.0563. The Bertz CT molecular complexity index is 1300. The first-order chi connectivity index (χ1) is 18.8. The van der Waals surface area contributed by atoms with Gasteiger partial charge in [0.2, 0.25) is 11.8 Å². The fourth-order valence-corrected chi connectivity index (χ4v) is 4.19. The smallest absolute Gasteiger partial charge is 0.353 e. The van der Waals surface area contributed by atoms with Crippen LogP contribution in [-0.4, -0.2) is 29.3 Å². The van der Waals surface area contributed by atoms with Gasteiger partial charge in [0.1, 0.15) is 0 Å². The van der Waals surface area contributed by atoms with Gasteiger partial charge in [0.15, 0.2) is 5.78 Å². The number of halogens is 6. The van der Waals surface area contributed by atoms with Crippen LogP contribution in [0.3, 0.4) is 0 Å². The molecule has 214 valence electrons. The number of Topliss-reactive ketones (excluding diaryl/α,β-unsaturated/α-hetero) is 1. The van der Waals surface area contributed by atoms with Crippen LogP contribution in [0.15, 0.2) is 48.0 Å². The van der Waals surface area contributed by atoms with E-state index in [2.05, 4.69) is 5.32 Å². The summed E-state index contributed by atoms with van der Waals surface area (Å²) in [5, 5.41) is 11.1. The second-order valence-electron chi connectivity index (χ2n) is 9.22. The van der Waals surface area contributed by atoms with E-state index in [0.717, 1.165) is 6.08 Å². The number of alkyl halides is 6. The summed E-state index contributed by atoms with van der Waals surface area (Å²) in [7, 11) is 0. The van der Waals surface area contributed by atoms with Crippen molar-refractivity contribution in [3.63, 3.8) is 0 Å². The minimum Gasteiger partial charge on any atom is -0.353 e. The number of hydrogen-bond acceptors (Lipinski definition) is 4. The second kappa shape index (κ2) is 12.9. The third-order valence-electron chi connectivity index (χ3n) is 6.21. The summed E-state index contributed by atoms with van der Waals surface area (Å²) in [6.45, 7) is 0.397. The number of nitrogens with one attached hydrogen (secondary N) is 2. The lowest BCUT2D eigenvalue weighted by Gasteiger charge is -2.19. The third kappa shape index (κ3) is 8.54. The van der Waals surface area contributed by atoms with Crippen LogP contribution in [0.25, 0.3) is 12.2 Å². The first kappa shape index (κ1) is 30.6. The van der Waals surface area contributed by atoms with Crippen LogP contribution in [0.1, 0.15) is 70.3 Å². The van der Waals surface area contributed by atoms with Gasteiger partial charge in [-0.1, -0.05) is 24.6 Å². The molecule has 6 nitrogen and oxygen atoms in total. The van der Waals surface area contributed by atoms with E-state index in [1.807, 2.05) is 0 Å². The van der Waals surface area contributed by atoms with Crippen molar-refractivity contribution < 1.29 is 45.9 Å². The lowest BCUT2D eigenvalue weighted by Crippen LogP contribution is -2.22. The molecular weight excluding hydrogens is 542 g/mol. The van der Waals surface area contributed by atoms with Crippen molar-refractivity contribution in [1.82, 2.24) is 10.8 Å². The lowest BCUT2D eigenvalue weighted by atomic mass is 9.85. The van der Waals surface area contributed by atoms with E-state index < -0.39 is 35.2 Å². The van der Waals surface area contributed by atoms with Crippen LogP contribution in [0.4, 0.5) is 26.3 Å². The van der Waals surface area contributed by atoms with E-state index in [0.29, 0.717) is 55.5 Å². The molecule has 2 aromatic rings. The standard InChI is InChI=1S/C28H26F6N2O4/c29-27(30,31)21-14-18(15-22(16-21)28(32,33)34)13-20-8-7-19-12-17(5-9-23(19)26(20)39)6-10-24(37)35-11-3-1-2-4-25(38)36-40/h5-6,9-10,12-16,40H,1-4,7-8,11H2,(H,35,37)(H,36,38)/b10-6+,20-13+. The molecule has 3 N–H and O–H groups in total. The molecule has 2 amide bonds. The Morgan fingerprint density at radius 1 is 0.875 bits per heavy atom. The Kier molecular flexibility index (Phi) is 9.91. The summed E-state index contributed by atoms with van der Waals surface area (Å²) < 4.78 is 79.1. The van der Waals surface area contributed by atoms with Crippen LogP contribution < -0.4 is 10.8 Å². The molecule has 0 radical (unpaired) electrons. The lowest BCUT2D eigenvalue weighted by molar-refractivity contribution is -0.143. The third-order valence-corrected chi connectivity index (χ3v) is 6.21. The monoisotopic (exact) mass is 568 g/mol. The average Bonchev–Trinajstić information content (AvgIpc) is 2.89. The molecule has 0 spiro atoms. The van der Waals surface area contributed by atoms with Gasteiger partial charge in [-0.3, -0.25) is 19.6 Å². The van der Waals surface area contributed by atoms with Crippen LogP contribution in [0, 0.1) is 0 Å². The normalized spacial score (nSPS) is 14.9. The highest BCUT2D eigenvalue weighted by Crippen LogP contribution is 2.37. The highest BCUT2D eigenvalue weighted by Gasteiger charge is 2.37. The van der Waals surface area contributed by atoms with Crippen molar-refractivity contribution in [2.75, 3.05) is 6.54 Å². The summed E-state index contributed by atoms with van der Waals surface area (Å²) in [4.78, 5) is 35.9. The molecule has 0 saturated carbocycles. The second-order valence-corrected chi connectivity index (χ2v) is 9.22. The predicted molar refractivity (Wildman–Crippen MR) is 134 cm³/mol. The Balaban J connectivity index is 1.66. The highest BCUT2D eigenvalue weighted by molar-refractivity contribution is 6.13. The predicted octanol–water partition coefficient (Wildman–Crippen LogP) is 6.13. The fraction of sp³-hybridized carbons (Fsp3) is 0.321. The van der Waals surface area contributed by atoms with E-state index in [1.54, 1.807) is 23.7 Å². The number of hydrogen-bond donors (Lipinski definition) is 3. The van der Waals surface area contributed by atoms with Crippen molar-refractivity contribution in [1.29, 1.82) is 0 Å². The van der Waals surface area contributed by atoms with Crippen LogP contribution in [-0.2, 0) is 28.4 Å². The molecule has 0 aromatic heterocycles. The molecule has 0 saturated heterocycles. The van der Waals surface area contributed by atoms with Gasteiger partial charge in [0.05, 0.1) is 11.1 Å². The molecule has 0 aliphatic heterocycles. The van der Waals surface area contributed by atoms with Crippen LogP contribution in [0.2, 0.25) is 0 Å². The first-order valence-corrected chi connectivity index (χ1v) is 12.3. The topological polar surface area (TPSA) is 95.5 Å². The number of benzene rings is 2. The van der Waals surface area contributed by atoms with Gasteiger partial charge in [-0.05, 0) is 72.7 Å². The largest absolute Gasteiger partial charge is 0.416 e. The summed E-state index contributed by atoms with van der Waals surface area (Å²) >= 11 is 0. The van der Waals surface area contributed by atoms with E-state index >= 15 is 0 Å². The van der Waals surface area contributed by atoms with Crippen molar-refractivity contribution in [2.45, 2.75) is 50.9 Å². The van der Waals surface area contributed by atoms with Gasteiger partial charge < -0.3 is 5.32 Å². The molecule has 12 heteroatoms. The number of fused-ring (bicyclic) bond motifs is 1. The Morgan fingerprint density at radius 2 is 1.55 bits per heavy atom. The molecule has 3 rings (SSSR count). The summed E-state index contributed by atoms with van der Waals surface area (Å²) in [6, 6.07) is 6.00. The molecule has 40 heavy (non-hydrogen) atoms. The summed E-state index contributed by atoms with van der Waals surface area (Å²) in [6.07, 6.45) is -3.49. The minimum absolute atomic E-state index is 0.0391. The Labute approximate surface area is 225 Å². The number of carbonyl (C=O) groups excluding carboxylic acids is 3. The number of amides is 2. The first-order valence-electron chi connectivity index (χ1n) is 12.3. The summed E-state index contributed by atoms with van der Waals surface area (Å²) in [5.74, 6) is -1.30. The van der Waals surface area contributed by atoms with Crippen LogP contribution >= 0.6 is 0 Å². The van der Waals surface area contributed by atoms with Crippen LogP contribution in [0.5, 0.6) is 0 Å². The highest BCUT2D eigenvalue weighted by atomic mass is 19.4. The zero-order valence-corrected chi connectivity index (χ0v) is 21.1. The molecule has 1 aliphatic carbocycles. The Morgan fingerprint density at radius 3 is 2.17 bits per heavy atom. The molecule has 0 atom stereocenters. The Hall–Kier alpha value is -3.93. The molecule has 0 bridgehead atoms. The number of aryl methyl sites for hydroxylation is 1. The van der Waals surface area contributed by atoms with E-state index in [-0.39, 0.29) is 41.5 Å². The van der Waals surface area contributed by atoms with Crippen molar-refractivity contribution >= 4 is 29.7 Å². The quantitative estimate of drug-likeness (QED) is 0.112. The number of carbonyl (C=O) groups is 3.